The van der Waals surface area contributed by atoms with Gasteiger partial charge in [0, 0.05) is 6.42 Å². The first-order valence-electron chi connectivity index (χ1n) is 5.70. The molecule has 0 unspecified atom stereocenters. The quantitative estimate of drug-likeness (QED) is 0.722. The van der Waals surface area contributed by atoms with Crippen LogP contribution in [0.15, 0.2) is 30.3 Å². The Hall–Kier alpha value is -2.09. The second kappa shape index (κ2) is 4.78. The zero-order valence-electron chi connectivity index (χ0n) is 10.1. The van der Waals surface area contributed by atoms with Gasteiger partial charge in [-0.15, -0.1) is 0 Å². The Labute approximate surface area is 111 Å². The van der Waals surface area contributed by atoms with Crippen LogP contribution in [0.25, 0.3) is 0 Å². The Morgan fingerprint density at radius 1 is 1.20 bits per heavy atom. The molecule has 5 nitrogen and oxygen atoms in total. The van der Waals surface area contributed by atoms with E-state index in [-0.39, 0.29) is 6.42 Å². The molecule has 20 heavy (non-hydrogen) atoms. The number of rotatable bonds is 2. The van der Waals surface area contributed by atoms with Crippen molar-refractivity contribution in [3.63, 3.8) is 0 Å². The molecule has 1 aromatic rings. The number of hydrogen-bond donors (Lipinski definition) is 3. The fraction of sp³-hybridized carbons (Fsp3) is 0.333. The molecule has 3 N–H and O–H groups in total. The Kier molecular flexibility index (Phi) is 3.43. The van der Waals surface area contributed by atoms with Crippen LogP contribution in [0.5, 0.6) is 0 Å². The van der Waals surface area contributed by atoms with E-state index in [4.69, 9.17) is 0 Å². The molecule has 0 spiro atoms. The molecule has 1 aliphatic heterocycles. The predicted molar refractivity (Wildman–Crippen MR) is 61.2 cm³/mol. The maximum absolute atomic E-state index is 12.6. The zero-order chi connectivity index (χ0) is 15.0. The van der Waals surface area contributed by atoms with Crippen LogP contribution in [-0.2, 0) is 16.0 Å². The number of carbonyl (C=O) groups is 2. The first-order chi connectivity index (χ1) is 9.24. The summed E-state index contributed by atoms with van der Waals surface area (Å²) in [6, 6.07) is 7.32. The van der Waals surface area contributed by atoms with E-state index in [1.807, 2.05) is 5.32 Å². The molecule has 8 heteroatoms. The molecule has 1 aromatic carbocycles. The molecule has 0 radical (unpaired) electrons. The standard InChI is InChI=1S/C12H11F3N2O3/c13-12(14,15)11(20)10(19)16-8(9(18)17-11)6-7-4-2-1-3-5-7/h1-5,8,20H,6H2,(H,16,19)(H,17,18)/t8-,11-/m1/s1. The number of alkyl halides is 3. The van der Waals surface area contributed by atoms with E-state index >= 15 is 0 Å². The number of benzene rings is 1. The Bertz CT molecular complexity index is 532. The lowest BCUT2D eigenvalue weighted by Gasteiger charge is -2.36. The van der Waals surface area contributed by atoms with Crippen molar-refractivity contribution in [2.75, 3.05) is 0 Å². The normalized spacial score (nSPS) is 26.9. The number of piperazine rings is 1. The minimum Gasteiger partial charge on any atom is -0.356 e. The highest BCUT2D eigenvalue weighted by molar-refractivity contribution is 5.99. The molecule has 0 bridgehead atoms. The van der Waals surface area contributed by atoms with Gasteiger partial charge in [-0.25, -0.2) is 0 Å². The van der Waals surface area contributed by atoms with Crippen LogP contribution in [0.1, 0.15) is 5.56 Å². The van der Waals surface area contributed by atoms with E-state index in [0.29, 0.717) is 5.56 Å². The van der Waals surface area contributed by atoms with Gasteiger partial charge in [0.05, 0.1) is 0 Å². The highest BCUT2D eigenvalue weighted by Crippen LogP contribution is 2.30. The third-order valence-corrected chi connectivity index (χ3v) is 2.95. The fourth-order valence-corrected chi connectivity index (χ4v) is 1.84. The Morgan fingerprint density at radius 2 is 1.80 bits per heavy atom. The summed E-state index contributed by atoms with van der Waals surface area (Å²) in [5.41, 5.74) is -3.21. The number of carbonyl (C=O) groups excluding carboxylic acids is 2. The van der Waals surface area contributed by atoms with E-state index < -0.39 is 29.8 Å². The third-order valence-electron chi connectivity index (χ3n) is 2.95. The second-order valence-corrected chi connectivity index (χ2v) is 4.41. The van der Waals surface area contributed by atoms with E-state index in [2.05, 4.69) is 0 Å². The molecular formula is C12H11F3N2O3. The van der Waals surface area contributed by atoms with Gasteiger partial charge in [-0.3, -0.25) is 9.59 Å². The van der Waals surface area contributed by atoms with E-state index in [1.165, 1.54) is 5.32 Å². The summed E-state index contributed by atoms with van der Waals surface area (Å²) in [6.07, 6.45) is -5.25. The lowest BCUT2D eigenvalue weighted by atomic mass is 10.0. The summed E-state index contributed by atoms with van der Waals surface area (Å²) in [4.78, 5) is 23.0. The fourth-order valence-electron chi connectivity index (χ4n) is 1.84. The molecule has 1 heterocycles. The molecule has 2 rings (SSSR count). The van der Waals surface area contributed by atoms with Crippen molar-refractivity contribution in [3.05, 3.63) is 35.9 Å². The van der Waals surface area contributed by atoms with Crippen LogP contribution in [-0.4, -0.2) is 34.9 Å². The van der Waals surface area contributed by atoms with Gasteiger partial charge in [0.2, 0.25) is 5.91 Å². The molecular weight excluding hydrogens is 277 g/mol. The lowest BCUT2D eigenvalue weighted by molar-refractivity contribution is -0.264. The molecule has 1 saturated heterocycles. The first-order valence-corrected chi connectivity index (χ1v) is 5.70. The third kappa shape index (κ3) is 2.46. The molecule has 108 valence electrons. The lowest BCUT2D eigenvalue weighted by Crippen LogP contribution is -2.75. The van der Waals surface area contributed by atoms with E-state index in [1.54, 1.807) is 30.3 Å². The van der Waals surface area contributed by atoms with Crippen LogP contribution >= 0.6 is 0 Å². The summed E-state index contributed by atoms with van der Waals surface area (Å²) >= 11 is 0. The number of amides is 2. The number of nitrogens with one attached hydrogen (secondary N) is 2. The highest BCUT2D eigenvalue weighted by atomic mass is 19.4. The summed E-state index contributed by atoms with van der Waals surface area (Å²) in [5.74, 6) is -2.78. The number of hydrogen-bond acceptors (Lipinski definition) is 3. The molecule has 2 atom stereocenters. The number of halogens is 3. The first kappa shape index (κ1) is 14.3. The van der Waals surface area contributed by atoms with Crippen molar-refractivity contribution in [3.8, 4) is 0 Å². The van der Waals surface area contributed by atoms with Gasteiger partial charge in [-0.2, -0.15) is 13.2 Å². The molecule has 1 fully saturated rings. The summed E-state index contributed by atoms with van der Waals surface area (Å²) in [7, 11) is 0. The van der Waals surface area contributed by atoms with Crippen LogP contribution in [0.2, 0.25) is 0 Å². The molecule has 1 aliphatic rings. The number of aliphatic hydroxyl groups is 1. The smallest absolute Gasteiger partial charge is 0.356 e. The molecule has 0 aromatic heterocycles. The van der Waals surface area contributed by atoms with Crippen LogP contribution in [0.4, 0.5) is 13.2 Å². The second-order valence-electron chi connectivity index (χ2n) is 4.41. The summed E-state index contributed by atoms with van der Waals surface area (Å²) in [5, 5.41) is 12.5. The van der Waals surface area contributed by atoms with Crippen molar-refractivity contribution in [2.45, 2.75) is 24.4 Å². The summed E-state index contributed by atoms with van der Waals surface area (Å²) in [6.45, 7) is 0. The van der Waals surface area contributed by atoms with Gasteiger partial charge in [0.1, 0.15) is 6.04 Å². The van der Waals surface area contributed by atoms with E-state index in [9.17, 15) is 27.9 Å². The van der Waals surface area contributed by atoms with Crippen molar-refractivity contribution >= 4 is 11.8 Å². The van der Waals surface area contributed by atoms with Crippen LogP contribution < -0.4 is 10.6 Å². The molecule has 2 amide bonds. The van der Waals surface area contributed by atoms with Gasteiger partial charge < -0.3 is 15.7 Å². The Morgan fingerprint density at radius 3 is 2.35 bits per heavy atom. The summed E-state index contributed by atoms with van der Waals surface area (Å²) < 4.78 is 37.7. The predicted octanol–water partition coefficient (Wildman–Crippen LogP) is 0.0946. The van der Waals surface area contributed by atoms with Gasteiger partial charge in [-0.1, -0.05) is 30.3 Å². The van der Waals surface area contributed by atoms with Gasteiger partial charge in [0.15, 0.2) is 0 Å². The maximum Gasteiger partial charge on any atom is 0.446 e. The molecule has 0 aliphatic carbocycles. The minimum atomic E-state index is -5.29. The maximum atomic E-state index is 12.6. The average Bonchev–Trinajstić information content (AvgIpc) is 2.36. The van der Waals surface area contributed by atoms with Gasteiger partial charge >= 0.3 is 11.9 Å². The van der Waals surface area contributed by atoms with E-state index in [0.717, 1.165) is 0 Å². The van der Waals surface area contributed by atoms with Crippen molar-refractivity contribution in [2.24, 2.45) is 0 Å². The largest absolute Gasteiger partial charge is 0.446 e. The van der Waals surface area contributed by atoms with Gasteiger partial charge in [0.25, 0.3) is 5.91 Å². The van der Waals surface area contributed by atoms with Crippen molar-refractivity contribution < 1.29 is 27.9 Å². The average molecular weight is 288 g/mol. The van der Waals surface area contributed by atoms with Crippen LogP contribution in [0.3, 0.4) is 0 Å². The topological polar surface area (TPSA) is 78.4 Å². The van der Waals surface area contributed by atoms with Crippen molar-refractivity contribution in [1.82, 2.24) is 10.6 Å². The highest BCUT2D eigenvalue weighted by Gasteiger charge is 2.63. The SMILES string of the molecule is O=C1N[C@](O)(C(F)(F)F)C(=O)N[C@@H]1Cc1ccccc1. The Balaban J connectivity index is 2.15. The minimum absolute atomic E-state index is 0.0341. The molecule has 0 saturated carbocycles. The van der Waals surface area contributed by atoms with Crippen LogP contribution in [0, 0.1) is 0 Å². The van der Waals surface area contributed by atoms with Gasteiger partial charge in [-0.05, 0) is 5.56 Å². The monoisotopic (exact) mass is 288 g/mol. The van der Waals surface area contributed by atoms with Crippen molar-refractivity contribution in [1.29, 1.82) is 0 Å². The zero-order valence-corrected chi connectivity index (χ0v) is 10.1.